The fourth-order valence-electron chi connectivity index (χ4n) is 3.56. The molecule has 0 atom stereocenters. The summed E-state index contributed by atoms with van der Waals surface area (Å²) in [7, 11) is 0. The van der Waals surface area contributed by atoms with Gasteiger partial charge in [0, 0.05) is 23.7 Å². The van der Waals surface area contributed by atoms with E-state index in [0.717, 1.165) is 52.2 Å². The normalized spacial score (nSPS) is 13.6. The number of rotatable bonds is 7. The molecule has 0 unspecified atom stereocenters. The Balaban J connectivity index is 1.35. The molecule has 0 saturated carbocycles. The lowest BCUT2D eigenvalue weighted by Gasteiger charge is -2.22. The van der Waals surface area contributed by atoms with Crippen molar-refractivity contribution in [2.45, 2.75) is 26.2 Å². The molecule has 0 fully saturated rings. The SMILES string of the molecule is C/C=C(/CN(N)/C(CCCc1ccc2cccnc2n1)=N\N)c1ccc2c(c1)OCO2. The van der Waals surface area contributed by atoms with Crippen molar-refractivity contribution in [1.29, 1.82) is 0 Å². The van der Waals surface area contributed by atoms with E-state index >= 15 is 0 Å². The van der Waals surface area contributed by atoms with Gasteiger partial charge in [0.25, 0.3) is 0 Å². The summed E-state index contributed by atoms with van der Waals surface area (Å²) in [6, 6.07) is 13.9. The number of amidine groups is 1. The number of hydrazine groups is 1. The number of ether oxygens (including phenoxy) is 2. The highest BCUT2D eigenvalue weighted by atomic mass is 16.7. The van der Waals surface area contributed by atoms with Crippen LogP contribution in [0.25, 0.3) is 16.6 Å². The molecule has 0 aliphatic carbocycles. The molecule has 1 aliphatic heterocycles. The zero-order chi connectivity index (χ0) is 21.6. The van der Waals surface area contributed by atoms with Crippen molar-refractivity contribution in [3.8, 4) is 11.5 Å². The number of aromatic nitrogens is 2. The summed E-state index contributed by atoms with van der Waals surface area (Å²) >= 11 is 0. The molecule has 2 aromatic heterocycles. The van der Waals surface area contributed by atoms with Crippen LogP contribution in [-0.2, 0) is 6.42 Å². The molecule has 0 spiro atoms. The molecular weight excluding hydrogens is 392 g/mol. The molecule has 4 rings (SSSR count). The highest BCUT2D eigenvalue weighted by molar-refractivity contribution is 5.83. The molecule has 31 heavy (non-hydrogen) atoms. The third kappa shape index (κ3) is 4.75. The summed E-state index contributed by atoms with van der Waals surface area (Å²) in [6.07, 6.45) is 6.04. The quantitative estimate of drug-likeness (QED) is 0.262. The predicted octanol–water partition coefficient (Wildman–Crippen LogP) is 3.23. The molecule has 3 heterocycles. The van der Waals surface area contributed by atoms with E-state index in [4.69, 9.17) is 21.2 Å². The second kappa shape index (κ2) is 9.44. The minimum absolute atomic E-state index is 0.249. The number of hydrogen-bond acceptors (Lipinski definition) is 7. The van der Waals surface area contributed by atoms with Gasteiger partial charge in [-0.3, -0.25) is 5.01 Å². The maximum Gasteiger partial charge on any atom is 0.231 e. The number of fused-ring (bicyclic) bond motifs is 2. The number of aryl methyl sites for hydroxylation is 1. The Bertz CT molecular complexity index is 1130. The van der Waals surface area contributed by atoms with Gasteiger partial charge in [-0.05, 0) is 67.3 Å². The van der Waals surface area contributed by atoms with Crippen LogP contribution >= 0.6 is 0 Å². The Hall–Kier alpha value is -3.65. The van der Waals surface area contributed by atoms with E-state index in [9.17, 15) is 0 Å². The van der Waals surface area contributed by atoms with E-state index in [1.807, 2.05) is 55.5 Å². The summed E-state index contributed by atoms with van der Waals surface area (Å²) in [5, 5.41) is 6.55. The van der Waals surface area contributed by atoms with E-state index in [1.54, 1.807) is 11.2 Å². The van der Waals surface area contributed by atoms with Gasteiger partial charge in [-0.2, -0.15) is 5.10 Å². The molecule has 0 saturated heterocycles. The van der Waals surface area contributed by atoms with E-state index in [1.165, 1.54) is 0 Å². The second-order valence-electron chi connectivity index (χ2n) is 7.26. The molecular formula is C23H26N6O2. The molecule has 8 nitrogen and oxygen atoms in total. The van der Waals surface area contributed by atoms with Gasteiger partial charge in [0.15, 0.2) is 17.1 Å². The molecule has 1 aliphatic rings. The van der Waals surface area contributed by atoms with Gasteiger partial charge < -0.3 is 15.3 Å². The Kier molecular flexibility index (Phi) is 6.28. The smallest absolute Gasteiger partial charge is 0.231 e. The number of hydrogen-bond donors (Lipinski definition) is 2. The third-order valence-electron chi connectivity index (χ3n) is 5.27. The van der Waals surface area contributed by atoms with Gasteiger partial charge >= 0.3 is 0 Å². The first-order chi connectivity index (χ1) is 15.2. The summed E-state index contributed by atoms with van der Waals surface area (Å²) in [6.45, 7) is 2.70. The second-order valence-corrected chi connectivity index (χ2v) is 7.26. The fraction of sp³-hybridized carbons (Fsp3) is 0.261. The number of nitrogens with zero attached hydrogens (tertiary/aromatic N) is 4. The summed E-state index contributed by atoms with van der Waals surface area (Å²) in [5.74, 6) is 14.1. The van der Waals surface area contributed by atoms with Crippen molar-refractivity contribution in [2.75, 3.05) is 13.3 Å². The van der Waals surface area contributed by atoms with Crippen molar-refractivity contribution in [3.05, 3.63) is 66.0 Å². The van der Waals surface area contributed by atoms with Gasteiger partial charge in [0.2, 0.25) is 6.79 Å². The van der Waals surface area contributed by atoms with E-state index in [-0.39, 0.29) is 6.79 Å². The summed E-state index contributed by atoms with van der Waals surface area (Å²) in [4.78, 5) is 8.93. The van der Waals surface area contributed by atoms with Crippen LogP contribution in [-0.4, -0.2) is 34.2 Å². The molecule has 0 radical (unpaired) electrons. The number of pyridine rings is 2. The van der Waals surface area contributed by atoms with Crippen LogP contribution in [0.5, 0.6) is 11.5 Å². The van der Waals surface area contributed by atoms with Crippen LogP contribution in [0.15, 0.2) is 59.8 Å². The highest BCUT2D eigenvalue weighted by Crippen LogP contribution is 2.34. The molecule has 8 heteroatoms. The third-order valence-corrected chi connectivity index (χ3v) is 5.27. The molecule has 0 bridgehead atoms. The van der Waals surface area contributed by atoms with Gasteiger partial charge in [-0.25, -0.2) is 15.8 Å². The lowest BCUT2D eigenvalue weighted by Crippen LogP contribution is -2.39. The van der Waals surface area contributed by atoms with Gasteiger partial charge in [0.1, 0.15) is 5.84 Å². The molecule has 160 valence electrons. The topological polar surface area (TPSA) is 112 Å². The maximum atomic E-state index is 6.31. The first kappa shape index (κ1) is 20.6. The van der Waals surface area contributed by atoms with Crippen LogP contribution in [0.2, 0.25) is 0 Å². The molecule has 4 N–H and O–H groups in total. The summed E-state index contributed by atoms with van der Waals surface area (Å²) < 4.78 is 10.9. The largest absolute Gasteiger partial charge is 0.454 e. The van der Waals surface area contributed by atoms with Crippen molar-refractivity contribution in [2.24, 2.45) is 16.8 Å². The monoisotopic (exact) mass is 418 g/mol. The van der Waals surface area contributed by atoms with E-state index in [0.29, 0.717) is 18.8 Å². The van der Waals surface area contributed by atoms with Gasteiger partial charge in [-0.1, -0.05) is 12.1 Å². The molecule has 0 amide bonds. The van der Waals surface area contributed by atoms with Crippen molar-refractivity contribution < 1.29 is 9.47 Å². The van der Waals surface area contributed by atoms with Crippen LogP contribution in [0.4, 0.5) is 0 Å². The van der Waals surface area contributed by atoms with Crippen molar-refractivity contribution in [3.63, 3.8) is 0 Å². The Morgan fingerprint density at radius 1 is 1.19 bits per heavy atom. The van der Waals surface area contributed by atoms with Crippen LogP contribution in [0.1, 0.15) is 31.0 Å². The minimum Gasteiger partial charge on any atom is -0.454 e. The lowest BCUT2D eigenvalue weighted by atomic mass is 10.0. The van der Waals surface area contributed by atoms with E-state index in [2.05, 4.69) is 15.1 Å². The maximum absolute atomic E-state index is 6.31. The van der Waals surface area contributed by atoms with Crippen molar-refractivity contribution in [1.82, 2.24) is 15.0 Å². The zero-order valence-electron chi connectivity index (χ0n) is 17.5. The molecule has 3 aromatic rings. The van der Waals surface area contributed by atoms with Crippen LogP contribution in [0, 0.1) is 0 Å². The average molecular weight is 419 g/mol. The van der Waals surface area contributed by atoms with Crippen molar-refractivity contribution >= 4 is 22.4 Å². The number of allylic oxidation sites excluding steroid dienone is 1. The lowest BCUT2D eigenvalue weighted by molar-refractivity contribution is 0.174. The average Bonchev–Trinajstić information content (AvgIpc) is 3.28. The highest BCUT2D eigenvalue weighted by Gasteiger charge is 2.16. The van der Waals surface area contributed by atoms with Gasteiger partial charge in [-0.15, -0.1) is 0 Å². The Morgan fingerprint density at radius 3 is 2.90 bits per heavy atom. The van der Waals surface area contributed by atoms with Gasteiger partial charge in [0.05, 0.1) is 6.54 Å². The Morgan fingerprint density at radius 2 is 2.06 bits per heavy atom. The first-order valence-electron chi connectivity index (χ1n) is 10.2. The number of nitrogens with two attached hydrogens (primary N) is 2. The first-order valence-corrected chi connectivity index (χ1v) is 10.2. The van der Waals surface area contributed by atoms with Crippen LogP contribution in [0.3, 0.4) is 0 Å². The standard InChI is InChI=1S/C23H26N6O2/c1-2-16(18-9-11-20-21(13-18)31-15-30-20)14-29(25)22(28-24)7-3-6-19-10-8-17-5-4-12-26-23(17)27-19/h2,4-5,8-13H,3,6-7,14-15,24-25H2,1H3/b16-2-,28-22-. The zero-order valence-corrected chi connectivity index (χ0v) is 17.5. The summed E-state index contributed by atoms with van der Waals surface area (Å²) in [5.41, 5.74) is 3.81. The fourth-order valence-corrected chi connectivity index (χ4v) is 3.56. The number of benzene rings is 1. The predicted molar refractivity (Wildman–Crippen MR) is 121 cm³/mol. The van der Waals surface area contributed by atoms with E-state index < -0.39 is 0 Å². The Labute approximate surface area is 181 Å². The molecule has 1 aromatic carbocycles. The van der Waals surface area contributed by atoms with Crippen LogP contribution < -0.4 is 21.2 Å². The number of hydrazone groups is 1. The minimum atomic E-state index is 0.249.